The SMILES string of the molecule is O=C(CCC1CCNCC1)NC1CCCN(c2ccccc2)C1=O. The van der Waals surface area contributed by atoms with Gasteiger partial charge in [-0.05, 0) is 63.2 Å². The van der Waals surface area contributed by atoms with Crippen molar-refractivity contribution in [1.29, 1.82) is 0 Å². The van der Waals surface area contributed by atoms with Gasteiger partial charge in [-0.1, -0.05) is 18.2 Å². The third-order valence-corrected chi connectivity index (χ3v) is 5.08. The van der Waals surface area contributed by atoms with Crippen LogP contribution in [0.25, 0.3) is 0 Å². The minimum absolute atomic E-state index is 0.0156. The lowest BCUT2D eigenvalue weighted by Gasteiger charge is -2.32. The predicted octanol–water partition coefficient (Wildman–Crippen LogP) is 2.08. The Kier molecular flexibility index (Phi) is 5.86. The van der Waals surface area contributed by atoms with Crippen molar-refractivity contribution in [1.82, 2.24) is 10.6 Å². The minimum atomic E-state index is -0.375. The number of nitrogens with zero attached hydrogens (tertiary/aromatic N) is 1. The number of piperidine rings is 2. The molecule has 0 bridgehead atoms. The molecule has 130 valence electrons. The highest BCUT2D eigenvalue weighted by Crippen LogP contribution is 2.21. The Morgan fingerprint density at radius 2 is 1.92 bits per heavy atom. The van der Waals surface area contributed by atoms with Gasteiger partial charge in [0.25, 0.3) is 0 Å². The Labute approximate surface area is 143 Å². The van der Waals surface area contributed by atoms with Crippen molar-refractivity contribution in [2.45, 2.75) is 44.6 Å². The van der Waals surface area contributed by atoms with Crippen molar-refractivity contribution in [2.24, 2.45) is 5.92 Å². The van der Waals surface area contributed by atoms with Crippen molar-refractivity contribution in [3.05, 3.63) is 30.3 Å². The predicted molar refractivity (Wildman–Crippen MR) is 94.8 cm³/mol. The summed E-state index contributed by atoms with van der Waals surface area (Å²) in [6.07, 6.45) is 5.41. The Balaban J connectivity index is 1.50. The zero-order chi connectivity index (χ0) is 16.8. The van der Waals surface area contributed by atoms with Gasteiger partial charge in [0.15, 0.2) is 0 Å². The average molecular weight is 329 g/mol. The van der Waals surface area contributed by atoms with Gasteiger partial charge in [0.2, 0.25) is 11.8 Å². The van der Waals surface area contributed by atoms with Crippen molar-refractivity contribution in [2.75, 3.05) is 24.5 Å². The number of amides is 2. The first-order chi connectivity index (χ1) is 11.7. The van der Waals surface area contributed by atoms with Crippen LogP contribution in [0.1, 0.15) is 38.5 Å². The summed E-state index contributed by atoms with van der Waals surface area (Å²) in [5.74, 6) is 0.671. The molecule has 0 aliphatic carbocycles. The molecule has 2 fully saturated rings. The van der Waals surface area contributed by atoms with E-state index in [1.807, 2.05) is 30.3 Å². The third-order valence-electron chi connectivity index (χ3n) is 5.08. The number of rotatable bonds is 5. The summed E-state index contributed by atoms with van der Waals surface area (Å²) < 4.78 is 0. The highest BCUT2D eigenvalue weighted by molar-refractivity contribution is 5.99. The van der Waals surface area contributed by atoms with Crippen LogP contribution in [0.5, 0.6) is 0 Å². The topological polar surface area (TPSA) is 61.4 Å². The fourth-order valence-corrected chi connectivity index (χ4v) is 3.65. The normalized spacial score (nSPS) is 22.4. The molecule has 1 unspecified atom stereocenters. The smallest absolute Gasteiger partial charge is 0.249 e. The first-order valence-electron chi connectivity index (χ1n) is 9.10. The van der Waals surface area contributed by atoms with Crippen molar-refractivity contribution < 1.29 is 9.59 Å². The van der Waals surface area contributed by atoms with Gasteiger partial charge < -0.3 is 15.5 Å². The number of nitrogens with one attached hydrogen (secondary N) is 2. The largest absolute Gasteiger partial charge is 0.344 e. The summed E-state index contributed by atoms with van der Waals surface area (Å²) in [4.78, 5) is 26.7. The maximum Gasteiger partial charge on any atom is 0.249 e. The van der Waals surface area contributed by atoms with Crippen LogP contribution in [0.4, 0.5) is 5.69 Å². The molecule has 2 aliphatic rings. The van der Waals surface area contributed by atoms with Crippen molar-refractivity contribution in [3.63, 3.8) is 0 Å². The van der Waals surface area contributed by atoms with Gasteiger partial charge in [-0.3, -0.25) is 9.59 Å². The molecule has 3 rings (SSSR count). The van der Waals surface area contributed by atoms with Crippen LogP contribution >= 0.6 is 0 Å². The van der Waals surface area contributed by atoms with Crippen molar-refractivity contribution in [3.8, 4) is 0 Å². The van der Waals surface area contributed by atoms with Crippen LogP contribution in [0.15, 0.2) is 30.3 Å². The summed E-state index contributed by atoms with van der Waals surface area (Å²) in [5.41, 5.74) is 0.913. The fourth-order valence-electron chi connectivity index (χ4n) is 3.65. The number of benzene rings is 1. The highest BCUT2D eigenvalue weighted by Gasteiger charge is 2.30. The van der Waals surface area contributed by atoms with Gasteiger partial charge in [0, 0.05) is 18.7 Å². The summed E-state index contributed by atoms with van der Waals surface area (Å²) in [7, 11) is 0. The zero-order valence-electron chi connectivity index (χ0n) is 14.2. The lowest BCUT2D eigenvalue weighted by Crippen LogP contribution is -2.52. The first-order valence-corrected chi connectivity index (χ1v) is 9.10. The lowest BCUT2D eigenvalue weighted by molar-refractivity contribution is -0.128. The van der Waals surface area contributed by atoms with Gasteiger partial charge in [-0.25, -0.2) is 0 Å². The molecule has 0 saturated carbocycles. The summed E-state index contributed by atoms with van der Waals surface area (Å²) in [6.45, 7) is 2.84. The fraction of sp³-hybridized carbons (Fsp3) is 0.579. The number of para-hydroxylation sites is 1. The Morgan fingerprint density at radius 1 is 1.17 bits per heavy atom. The van der Waals surface area contributed by atoms with Crippen LogP contribution in [-0.2, 0) is 9.59 Å². The van der Waals surface area contributed by atoms with E-state index in [2.05, 4.69) is 10.6 Å². The Hall–Kier alpha value is -1.88. The van der Waals surface area contributed by atoms with Gasteiger partial charge in [0.05, 0.1) is 0 Å². The molecule has 2 amide bonds. The number of hydrogen-bond donors (Lipinski definition) is 2. The third kappa shape index (κ3) is 4.35. The summed E-state index contributed by atoms with van der Waals surface area (Å²) in [6, 6.07) is 9.32. The number of carbonyl (C=O) groups is 2. The Bertz CT molecular complexity index is 555. The monoisotopic (exact) mass is 329 g/mol. The standard InChI is InChI=1S/C19H27N3O2/c23-18(9-8-15-10-12-20-13-11-15)21-17-7-4-14-22(19(17)24)16-5-2-1-3-6-16/h1-3,5-6,15,17,20H,4,7-14H2,(H,21,23). The molecule has 24 heavy (non-hydrogen) atoms. The molecule has 2 aliphatic heterocycles. The quantitative estimate of drug-likeness (QED) is 0.869. The second-order valence-electron chi connectivity index (χ2n) is 6.82. The summed E-state index contributed by atoms with van der Waals surface area (Å²) >= 11 is 0. The molecule has 1 atom stereocenters. The van der Waals surface area contributed by atoms with Crippen LogP contribution in [0.2, 0.25) is 0 Å². The van der Waals surface area contributed by atoms with Gasteiger partial charge in [-0.15, -0.1) is 0 Å². The molecule has 2 saturated heterocycles. The Morgan fingerprint density at radius 3 is 2.67 bits per heavy atom. The number of hydrogen-bond acceptors (Lipinski definition) is 3. The first kappa shape index (κ1) is 17.0. The van der Waals surface area contributed by atoms with Gasteiger partial charge >= 0.3 is 0 Å². The molecule has 5 nitrogen and oxygen atoms in total. The van der Waals surface area contributed by atoms with Crippen LogP contribution < -0.4 is 15.5 Å². The van der Waals surface area contributed by atoms with E-state index in [0.29, 0.717) is 12.3 Å². The highest BCUT2D eigenvalue weighted by atomic mass is 16.2. The van der Waals surface area contributed by atoms with E-state index in [1.54, 1.807) is 4.90 Å². The second kappa shape index (κ2) is 8.29. The van der Waals surface area contributed by atoms with Gasteiger partial charge in [0.1, 0.15) is 6.04 Å². The van der Waals surface area contributed by atoms with Crippen LogP contribution in [0.3, 0.4) is 0 Å². The van der Waals surface area contributed by atoms with Gasteiger partial charge in [-0.2, -0.15) is 0 Å². The van der Waals surface area contributed by atoms with E-state index >= 15 is 0 Å². The molecular weight excluding hydrogens is 302 g/mol. The molecule has 2 N–H and O–H groups in total. The van der Waals surface area contributed by atoms with Crippen LogP contribution in [-0.4, -0.2) is 37.5 Å². The molecular formula is C19H27N3O2. The summed E-state index contributed by atoms with van der Waals surface area (Å²) in [5, 5.41) is 6.31. The molecule has 5 heteroatoms. The van der Waals surface area contributed by atoms with E-state index in [1.165, 1.54) is 0 Å². The molecule has 1 aromatic carbocycles. The minimum Gasteiger partial charge on any atom is -0.344 e. The second-order valence-corrected chi connectivity index (χ2v) is 6.82. The number of anilines is 1. The van der Waals surface area contributed by atoms with E-state index in [-0.39, 0.29) is 17.9 Å². The molecule has 0 aromatic heterocycles. The maximum atomic E-state index is 12.7. The molecule has 2 heterocycles. The molecule has 0 radical (unpaired) electrons. The maximum absolute atomic E-state index is 12.7. The average Bonchev–Trinajstić information content (AvgIpc) is 2.63. The van der Waals surface area contributed by atoms with E-state index in [0.717, 1.165) is 57.4 Å². The van der Waals surface area contributed by atoms with Crippen molar-refractivity contribution >= 4 is 17.5 Å². The molecule has 0 spiro atoms. The lowest BCUT2D eigenvalue weighted by atomic mass is 9.93. The molecule has 1 aromatic rings. The van der Waals surface area contributed by atoms with E-state index in [9.17, 15) is 9.59 Å². The van der Waals surface area contributed by atoms with E-state index in [4.69, 9.17) is 0 Å². The van der Waals surface area contributed by atoms with Crippen LogP contribution in [0, 0.1) is 5.92 Å². The zero-order valence-corrected chi connectivity index (χ0v) is 14.2. The van der Waals surface area contributed by atoms with E-state index < -0.39 is 0 Å². The number of carbonyl (C=O) groups excluding carboxylic acids is 2.